The molecule has 3 rings (SSSR count). The predicted octanol–water partition coefficient (Wildman–Crippen LogP) is 5.12. The molecule has 0 fully saturated rings. The van der Waals surface area contributed by atoms with Crippen molar-refractivity contribution in [3.8, 4) is 23.0 Å². The van der Waals surface area contributed by atoms with E-state index in [0.29, 0.717) is 22.3 Å². The van der Waals surface area contributed by atoms with Crippen LogP contribution in [0.25, 0.3) is 0 Å². The van der Waals surface area contributed by atoms with Gasteiger partial charge in [-0.1, -0.05) is 29.8 Å². The Morgan fingerprint density at radius 2 is 1.28 bits per heavy atom. The number of rotatable bonds is 6. The maximum atomic E-state index is 11.8. The molecule has 0 atom stereocenters. The predicted molar refractivity (Wildman–Crippen MR) is 95.5 cm³/mol. The number of ether oxygens (including phenoxy) is 3. The molecule has 0 bridgehead atoms. The quantitative estimate of drug-likeness (QED) is 0.455. The third kappa shape index (κ3) is 5.26. The molecular weight excluding hydrogens is 340 g/mol. The van der Waals surface area contributed by atoms with Gasteiger partial charge in [-0.25, -0.2) is 4.79 Å². The van der Waals surface area contributed by atoms with Crippen molar-refractivity contribution in [2.75, 3.05) is 6.61 Å². The number of carbonyl (C=O) groups is 1. The van der Waals surface area contributed by atoms with E-state index in [9.17, 15) is 4.79 Å². The smallest absolute Gasteiger partial charge is 0.349 e. The standard InChI is InChI=1S/C20H15ClO4/c21-15-6-8-16(9-7-15)23-14-20(22)25-19-12-10-18(11-13-19)24-17-4-2-1-3-5-17/h1-13H,14H2. The monoisotopic (exact) mass is 354 g/mol. The van der Waals surface area contributed by atoms with Crippen molar-refractivity contribution in [1.82, 2.24) is 0 Å². The molecule has 0 spiro atoms. The van der Waals surface area contributed by atoms with E-state index >= 15 is 0 Å². The fraction of sp³-hybridized carbons (Fsp3) is 0.0500. The molecule has 0 aliphatic heterocycles. The maximum Gasteiger partial charge on any atom is 0.349 e. The molecule has 4 nitrogen and oxygen atoms in total. The second-order valence-corrected chi connectivity index (χ2v) is 5.54. The van der Waals surface area contributed by atoms with Crippen LogP contribution in [-0.2, 0) is 4.79 Å². The molecule has 0 heterocycles. The van der Waals surface area contributed by atoms with E-state index in [1.807, 2.05) is 30.3 Å². The molecule has 5 heteroatoms. The van der Waals surface area contributed by atoms with E-state index in [1.54, 1.807) is 48.5 Å². The molecule has 126 valence electrons. The molecule has 0 amide bonds. The first kappa shape index (κ1) is 16.9. The molecule has 0 aromatic heterocycles. The molecule has 0 aliphatic carbocycles. The summed E-state index contributed by atoms with van der Waals surface area (Å²) in [6, 6.07) is 23.0. The third-order valence-corrected chi connectivity index (χ3v) is 3.46. The van der Waals surface area contributed by atoms with Crippen LogP contribution in [0.5, 0.6) is 23.0 Å². The van der Waals surface area contributed by atoms with Crippen LogP contribution in [-0.4, -0.2) is 12.6 Å². The van der Waals surface area contributed by atoms with Gasteiger partial charge >= 0.3 is 5.97 Å². The summed E-state index contributed by atoms with van der Waals surface area (Å²) in [4.78, 5) is 11.8. The number of para-hydroxylation sites is 1. The largest absolute Gasteiger partial charge is 0.482 e. The first-order chi connectivity index (χ1) is 12.2. The van der Waals surface area contributed by atoms with E-state index in [4.69, 9.17) is 25.8 Å². The molecular formula is C20H15ClO4. The van der Waals surface area contributed by atoms with Gasteiger partial charge in [0.1, 0.15) is 23.0 Å². The van der Waals surface area contributed by atoms with Gasteiger partial charge in [-0.3, -0.25) is 0 Å². The lowest BCUT2D eigenvalue weighted by atomic mass is 10.3. The van der Waals surface area contributed by atoms with E-state index in [0.717, 1.165) is 5.75 Å². The second-order valence-electron chi connectivity index (χ2n) is 5.10. The summed E-state index contributed by atoms with van der Waals surface area (Å²) in [7, 11) is 0. The lowest BCUT2D eigenvalue weighted by Crippen LogP contribution is -2.17. The molecule has 0 aliphatic rings. The fourth-order valence-corrected chi connectivity index (χ4v) is 2.16. The highest BCUT2D eigenvalue weighted by Crippen LogP contribution is 2.23. The van der Waals surface area contributed by atoms with Gasteiger partial charge in [0.2, 0.25) is 0 Å². The summed E-state index contributed by atoms with van der Waals surface area (Å²) in [5.74, 6) is 1.87. The Labute approximate surface area is 150 Å². The zero-order chi connectivity index (χ0) is 17.5. The van der Waals surface area contributed by atoms with Gasteiger partial charge in [0.15, 0.2) is 6.61 Å². The Bertz CT molecular complexity index is 815. The maximum absolute atomic E-state index is 11.8. The second kappa shape index (κ2) is 8.22. The Hall–Kier alpha value is -2.98. The summed E-state index contributed by atoms with van der Waals surface area (Å²) in [5, 5.41) is 0.604. The SMILES string of the molecule is O=C(COc1ccc(Cl)cc1)Oc1ccc(Oc2ccccc2)cc1. The minimum atomic E-state index is -0.494. The Morgan fingerprint density at radius 3 is 1.96 bits per heavy atom. The summed E-state index contributed by atoms with van der Waals surface area (Å²) in [6.07, 6.45) is 0. The van der Waals surface area contributed by atoms with Crippen LogP contribution >= 0.6 is 11.6 Å². The topological polar surface area (TPSA) is 44.8 Å². The van der Waals surface area contributed by atoms with Crippen LogP contribution < -0.4 is 14.2 Å². The van der Waals surface area contributed by atoms with Crippen molar-refractivity contribution in [3.63, 3.8) is 0 Å². The Kier molecular flexibility index (Phi) is 5.54. The molecule has 0 unspecified atom stereocenters. The highest BCUT2D eigenvalue weighted by molar-refractivity contribution is 6.30. The first-order valence-electron chi connectivity index (χ1n) is 7.61. The number of carbonyl (C=O) groups excluding carboxylic acids is 1. The summed E-state index contributed by atoms with van der Waals surface area (Å²) >= 11 is 5.79. The highest BCUT2D eigenvalue weighted by atomic mass is 35.5. The van der Waals surface area contributed by atoms with Crippen molar-refractivity contribution < 1.29 is 19.0 Å². The lowest BCUT2D eigenvalue weighted by Gasteiger charge is -2.08. The number of hydrogen-bond acceptors (Lipinski definition) is 4. The van der Waals surface area contributed by atoms with Gasteiger partial charge in [-0.05, 0) is 60.7 Å². The summed E-state index contributed by atoms with van der Waals surface area (Å²) in [5.41, 5.74) is 0. The molecule has 25 heavy (non-hydrogen) atoms. The van der Waals surface area contributed by atoms with Crippen LogP contribution in [0.3, 0.4) is 0 Å². The van der Waals surface area contributed by atoms with Gasteiger partial charge in [-0.2, -0.15) is 0 Å². The van der Waals surface area contributed by atoms with Crippen molar-refractivity contribution in [2.45, 2.75) is 0 Å². The van der Waals surface area contributed by atoms with Crippen LogP contribution in [0.1, 0.15) is 0 Å². The van der Waals surface area contributed by atoms with Crippen LogP contribution in [0.4, 0.5) is 0 Å². The van der Waals surface area contributed by atoms with Crippen molar-refractivity contribution in [2.24, 2.45) is 0 Å². The number of halogens is 1. The van der Waals surface area contributed by atoms with Gasteiger partial charge < -0.3 is 14.2 Å². The van der Waals surface area contributed by atoms with Crippen LogP contribution in [0.15, 0.2) is 78.9 Å². The minimum absolute atomic E-state index is 0.191. The zero-order valence-electron chi connectivity index (χ0n) is 13.2. The number of hydrogen-bond donors (Lipinski definition) is 0. The van der Waals surface area contributed by atoms with Crippen molar-refractivity contribution in [3.05, 3.63) is 83.9 Å². The molecule has 3 aromatic rings. The van der Waals surface area contributed by atoms with E-state index in [1.165, 1.54) is 0 Å². The van der Waals surface area contributed by atoms with Crippen molar-refractivity contribution in [1.29, 1.82) is 0 Å². The van der Waals surface area contributed by atoms with E-state index in [-0.39, 0.29) is 6.61 Å². The molecule has 0 radical (unpaired) electrons. The zero-order valence-corrected chi connectivity index (χ0v) is 14.0. The van der Waals surface area contributed by atoms with E-state index in [2.05, 4.69) is 0 Å². The van der Waals surface area contributed by atoms with Gasteiger partial charge in [0.25, 0.3) is 0 Å². The average molecular weight is 355 g/mol. The van der Waals surface area contributed by atoms with E-state index < -0.39 is 5.97 Å². The highest BCUT2D eigenvalue weighted by Gasteiger charge is 2.07. The fourth-order valence-electron chi connectivity index (χ4n) is 2.03. The molecule has 3 aromatic carbocycles. The van der Waals surface area contributed by atoms with Crippen LogP contribution in [0.2, 0.25) is 5.02 Å². The number of benzene rings is 3. The summed E-state index contributed by atoms with van der Waals surface area (Å²) < 4.78 is 16.2. The normalized spacial score (nSPS) is 10.1. The first-order valence-corrected chi connectivity index (χ1v) is 7.99. The van der Waals surface area contributed by atoms with Crippen LogP contribution in [0, 0.1) is 0 Å². The third-order valence-electron chi connectivity index (χ3n) is 3.20. The lowest BCUT2D eigenvalue weighted by molar-refractivity contribution is -0.136. The average Bonchev–Trinajstić information content (AvgIpc) is 2.64. The van der Waals surface area contributed by atoms with Crippen molar-refractivity contribution >= 4 is 17.6 Å². The minimum Gasteiger partial charge on any atom is -0.482 e. The molecule has 0 saturated carbocycles. The number of esters is 1. The van der Waals surface area contributed by atoms with Gasteiger partial charge in [0.05, 0.1) is 0 Å². The Morgan fingerprint density at radius 1 is 0.720 bits per heavy atom. The van der Waals surface area contributed by atoms with Gasteiger partial charge in [-0.15, -0.1) is 0 Å². The molecule has 0 N–H and O–H groups in total. The van der Waals surface area contributed by atoms with Gasteiger partial charge in [0, 0.05) is 5.02 Å². The molecule has 0 saturated heterocycles. The summed E-state index contributed by atoms with van der Waals surface area (Å²) in [6.45, 7) is -0.191. The Balaban J connectivity index is 1.50.